The first-order chi connectivity index (χ1) is 5.20. The molecule has 1 atom stereocenters. The number of nitrogens with zero attached hydrogens (tertiary/aromatic N) is 1. The molecule has 0 aliphatic rings. The van der Waals surface area contributed by atoms with E-state index in [4.69, 9.17) is 5.26 Å². The highest BCUT2D eigenvalue weighted by Crippen LogP contribution is 1.97. The molecule has 0 aromatic rings. The van der Waals surface area contributed by atoms with E-state index in [0.29, 0.717) is 18.4 Å². The van der Waals surface area contributed by atoms with Crippen LogP contribution in [0, 0.1) is 17.2 Å². The summed E-state index contributed by atoms with van der Waals surface area (Å²) < 4.78 is 0. The van der Waals surface area contributed by atoms with Crippen LogP contribution in [-0.4, -0.2) is 12.6 Å². The van der Waals surface area contributed by atoms with Crippen molar-refractivity contribution in [3.63, 3.8) is 0 Å². The van der Waals surface area contributed by atoms with Crippen LogP contribution in [-0.2, 0) is 0 Å². The van der Waals surface area contributed by atoms with Gasteiger partial charge in [-0.25, -0.2) is 0 Å². The molecular weight excluding hydrogens is 136 g/mol. The molecule has 0 amide bonds. The monoisotopic (exact) mass is 154 g/mol. The van der Waals surface area contributed by atoms with Crippen LogP contribution in [0.1, 0.15) is 33.6 Å². The molecule has 0 saturated heterocycles. The molecule has 11 heavy (non-hydrogen) atoms. The van der Waals surface area contributed by atoms with E-state index in [2.05, 4.69) is 32.2 Å². The van der Waals surface area contributed by atoms with Crippen LogP contribution in [0.2, 0.25) is 0 Å². The van der Waals surface area contributed by atoms with E-state index >= 15 is 0 Å². The van der Waals surface area contributed by atoms with Crippen molar-refractivity contribution in [2.24, 2.45) is 5.92 Å². The van der Waals surface area contributed by atoms with Gasteiger partial charge < -0.3 is 5.32 Å². The van der Waals surface area contributed by atoms with Crippen LogP contribution in [0.4, 0.5) is 0 Å². The molecule has 0 bridgehead atoms. The molecular formula is C9H18N2. The maximum Gasteiger partial charge on any atom is 0.0638 e. The van der Waals surface area contributed by atoms with Crippen LogP contribution in [0.25, 0.3) is 0 Å². The van der Waals surface area contributed by atoms with Gasteiger partial charge in [-0.15, -0.1) is 0 Å². The Kier molecular flexibility index (Phi) is 5.87. The lowest BCUT2D eigenvalue weighted by atomic mass is 10.1. The van der Waals surface area contributed by atoms with Crippen LogP contribution in [0.3, 0.4) is 0 Å². The topological polar surface area (TPSA) is 35.8 Å². The summed E-state index contributed by atoms with van der Waals surface area (Å²) in [5.41, 5.74) is 0. The third-order valence-corrected chi connectivity index (χ3v) is 1.65. The second-order valence-corrected chi connectivity index (χ2v) is 3.27. The Bertz CT molecular complexity index is 124. The molecule has 0 aromatic carbocycles. The van der Waals surface area contributed by atoms with Crippen molar-refractivity contribution in [1.29, 1.82) is 5.26 Å². The van der Waals surface area contributed by atoms with E-state index < -0.39 is 0 Å². The van der Waals surface area contributed by atoms with Gasteiger partial charge in [-0.2, -0.15) is 5.26 Å². The van der Waals surface area contributed by atoms with E-state index in [0.717, 1.165) is 13.0 Å². The van der Waals surface area contributed by atoms with Gasteiger partial charge in [-0.3, -0.25) is 0 Å². The van der Waals surface area contributed by atoms with Gasteiger partial charge >= 0.3 is 0 Å². The minimum absolute atomic E-state index is 0.391. The second-order valence-electron chi connectivity index (χ2n) is 3.27. The lowest BCUT2D eigenvalue weighted by Gasteiger charge is -2.14. The smallest absolute Gasteiger partial charge is 0.0638 e. The van der Waals surface area contributed by atoms with E-state index in [1.54, 1.807) is 0 Å². The number of hydrogen-bond donors (Lipinski definition) is 1. The summed E-state index contributed by atoms with van der Waals surface area (Å²) in [5, 5.41) is 11.8. The van der Waals surface area contributed by atoms with Crippen molar-refractivity contribution in [3.8, 4) is 6.07 Å². The molecule has 0 spiro atoms. The minimum atomic E-state index is 0.391. The molecule has 2 nitrogen and oxygen atoms in total. The van der Waals surface area contributed by atoms with E-state index in [-0.39, 0.29) is 0 Å². The molecule has 1 unspecified atom stereocenters. The second kappa shape index (κ2) is 6.18. The van der Waals surface area contributed by atoms with Crippen molar-refractivity contribution in [2.45, 2.75) is 39.7 Å². The lowest BCUT2D eigenvalue weighted by Crippen LogP contribution is -2.31. The summed E-state index contributed by atoms with van der Waals surface area (Å²) in [6.45, 7) is 7.47. The maximum absolute atomic E-state index is 8.44. The molecule has 0 aliphatic carbocycles. The molecule has 0 rings (SSSR count). The van der Waals surface area contributed by atoms with Gasteiger partial charge in [0, 0.05) is 6.04 Å². The maximum atomic E-state index is 8.44. The highest BCUT2D eigenvalue weighted by Gasteiger charge is 2.04. The van der Waals surface area contributed by atoms with Crippen molar-refractivity contribution in [3.05, 3.63) is 0 Å². The third-order valence-electron chi connectivity index (χ3n) is 1.65. The van der Waals surface area contributed by atoms with Gasteiger partial charge in [0.1, 0.15) is 0 Å². The Hall–Kier alpha value is -0.550. The molecule has 0 heterocycles. The van der Waals surface area contributed by atoms with E-state index in [9.17, 15) is 0 Å². The zero-order valence-corrected chi connectivity index (χ0v) is 7.72. The Labute approximate surface area is 69.6 Å². The molecule has 1 N–H and O–H groups in total. The lowest BCUT2D eigenvalue weighted by molar-refractivity contribution is 0.457. The summed E-state index contributed by atoms with van der Waals surface area (Å²) in [4.78, 5) is 0. The number of rotatable bonds is 5. The number of hydrogen-bond acceptors (Lipinski definition) is 2. The first-order valence-electron chi connectivity index (χ1n) is 4.31. The minimum Gasteiger partial charge on any atom is -0.313 e. The Morgan fingerprint density at radius 3 is 2.45 bits per heavy atom. The molecule has 0 aliphatic heterocycles. The summed E-state index contributed by atoms with van der Waals surface area (Å²) in [7, 11) is 0. The van der Waals surface area contributed by atoms with Crippen molar-refractivity contribution < 1.29 is 0 Å². The number of nitriles is 1. The highest BCUT2D eigenvalue weighted by molar-refractivity contribution is 4.79. The average Bonchev–Trinajstić information content (AvgIpc) is 1.97. The molecule has 64 valence electrons. The average molecular weight is 154 g/mol. The van der Waals surface area contributed by atoms with Gasteiger partial charge in [0.15, 0.2) is 0 Å². The zero-order chi connectivity index (χ0) is 8.69. The van der Waals surface area contributed by atoms with Crippen molar-refractivity contribution >= 4 is 0 Å². The summed E-state index contributed by atoms with van der Waals surface area (Å²) in [6, 6.07) is 2.57. The van der Waals surface area contributed by atoms with E-state index in [1.165, 1.54) is 0 Å². The summed E-state index contributed by atoms with van der Waals surface area (Å²) in [5.74, 6) is 0.669. The first-order valence-corrected chi connectivity index (χ1v) is 4.31. The fraction of sp³-hybridized carbons (Fsp3) is 0.889. The fourth-order valence-corrected chi connectivity index (χ4v) is 0.873. The summed E-state index contributed by atoms with van der Waals surface area (Å²) in [6.07, 6.45) is 1.67. The van der Waals surface area contributed by atoms with Gasteiger partial charge in [-0.05, 0) is 18.9 Å². The third kappa shape index (κ3) is 5.87. The van der Waals surface area contributed by atoms with Gasteiger partial charge in [0.2, 0.25) is 0 Å². The highest BCUT2D eigenvalue weighted by atomic mass is 14.9. The quantitative estimate of drug-likeness (QED) is 0.656. The predicted octanol–water partition coefficient (Wildman–Crippen LogP) is 1.92. The van der Waals surface area contributed by atoms with Crippen LogP contribution in [0.5, 0.6) is 0 Å². The normalized spacial score (nSPS) is 13.0. The van der Waals surface area contributed by atoms with Gasteiger partial charge in [0.25, 0.3) is 0 Å². The molecule has 0 aromatic heterocycles. The van der Waals surface area contributed by atoms with E-state index in [1.807, 2.05) is 0 Å². The Morgan fingerprint density at radius 2 is 2.09 bits per heavy atom. The SMILES string of the molecule is CCC(CC#N)NCC(C)C. The van der Waals surface area contributed by atoms with Crippen LogP contribution in [0.15, 0.2) is 0 Å². The van der Waals surface area contributed by atoms with Crippen LogP contribution >= 0.6 is 0 Å². The zero-order valence-electron chi connectivity index (χ0n) is 7.72. The molecule has 0 fully saturated rings. The first kappa shape index (κ1) is 10.4. The van der Waals surface area contributed by atoms with Crippen LogP contribution < -0.4 is 5.32 Å². The largest absolute Gasteiger partial charge is 0.313 e. The predicted molar refractivity (Wildman–Crippen MR) is 47.1 cm³/mol. The molecule has 0 radical (unpaired) electrons. The molecule has 2 heteroatoms. The fourth-order valence-electron chi connectivity index (χ4n) is 0.873. The van der Waals surface area contributed by atoms with Crippen molar-refractivity contribution in [1.82, 2.24) is 5.32 Å². The van der Waals surface area contributed by atoms with Gasteiger partial charge in [-0.1, -0.05) is 20.8 Å². The standard InChI is InChI=1S/C9H18N2/c1-4-9(5-6-10)11-7-8(2)3/h8-9,11H,4-5,7H2,1-3H3. The van der Waals surface area contributed by atoms with Gasteiger partial charge in [0.05, 0.1) is 12.5 Å². The van der Waals surface area contributed by atoms with Crippen molar-refractivity contribution in [2.75, 3.05) is 6.54 Å². The Balaban J connectivity index is 3.45. The number of nitrogens with one attached hydrogen (secondary N) is 1. The Morgan fingerprint density at radius 1 is 1.45 bits per heavy atom. The molecule has 0 saturated carbocycles. The summed E-state index contributed by atoms with van der Waals surface area (Å²) >= 11 is 0.